The molecular weight excluding hydrogens is 435 g/mol. The number of phenolic OH excluding ortho intramolecular Hbond substituents is 1. The van der Waals surface area contributed by atoms with Gasteiger partial charge in [-0.1, -0.05) is 6.07 Å². The third-order valence-electron chi connectivity index (χ3n) is 7.33. The summed E-state index contributed by atoms with van der Waals surface area (Å²) in [7, 11) is 1.49. The van der Waals surface area contributed by atoms with Crippen LogP contribution in [-0.2, 0) is 7.05 Å². The zero-order valence-electron chi connectivity index (χ0n) is 19.0. The number of aromatic hydroxyl groups is 1. The number of aromatic nitrogens is 4. The number of nitrogens with one attached hydrogen (secondary N) is 1. The Morgan fingerprint density at radius 2 is 1.82 bits per heavy atom. The Kier molecular flexibility index (Phi) is 5.09. The third kappa shape index (κ3) is 3.83. The fraction of sp³-hybridized carbons (Fsp3) is 0.440. The maximum atomic E-state index is 14.4. The number of nitrogens with zero attached hydrogens (tertiary/aromatic N) is 5. The van der Waals surface area contributed by atoms with Gasteiger partial charge in [0.25, 0.3) is 5.56 Å². The number of phenols is 1. The van der Waals surface area contributed by atoms with Gasteiger partial charge < -0.3 is 19.9 Å². The van der Waals surface area contributed by atoms with Crippen LogP contribution in [0.4, 0.5) is 10.2 Å². The highest BCUT2D eigenvalue weighted by Crippen LogP contribution is 2.39. The lowest BCUT2D eigenvalue weighted by atomic mass is 9.98. The van der Waals surface area contributed by atoms with Gasteiger partial charge in [-0.05, 0) is 56.2 Å². The van der Waals surface area contributed by atoms with Crippen molar-refractivity contribution in [1.29, 1.82) is 0 Å². The standard InChI is InChI=1S/C25H27FN6O2/c1-31-13-21(26)20(11-24(31)34)14-2-7-19(22(33)8-14)25-27-12-23(29-30-25)32(17-5-6-17)18-9-15-3-4-16(10-18)28-15/h2,7-8,11-13,15-18,28,33H,3-6,9-10H2,1H3/t15-,16+,18-. The van der Waals surface area contributed by atoms with E-state index in [2.05, 4.69) is 25.4 Å². The Labute approximate surface area is 196 Å². The number of hydrogen-bond donors (Lipinski definition) is 2. The summed E-state index contributed by atoms with van der Waals surface area (Å²) >= 11 is 0. The lowest BCUT2D eigenvalue weighted by Crippen LogP contribution is -2.49. The highest BCUT2D eigenvalue weighted by Gasteiger charge is 2.41. The fourth-order valence-electron chi connectivity index (χ4n) is 5.50. The molecule has 0 spiro atoms. The number of fused-ring (bicyclic) bond motifs is 2. The number of benzene rings is 1. The summed E-state index contributed by atoms with van der Waals surface area (Å²) in [5, 5.41) is 23.2. The number of aryl methyl sites for hydroxylation is 1. The third-order valence-corrected chi connectivity index (χ3v) is 7.33. The van der Waals surface area contributed by atoms with Crippen LogP contribution in [0.3, 0.4) is 0 Å². The number of piperidine rings is 1. The summed E-state index contributed by atoms with van der Waals surface area (Å²) < 4.78 is 15.6. The van der Waals surface area contributed by atoms with Gasteiger partial charge >= 0.3 is 0 Å². The molecule has 8 nitrogen and oxygen atoms in total. The SMILES string of the molecule is Cn1cc(F)c(-c2ccc(-c3ncc(N(C4CC4)[C@@H]4C[C@H]5CC[C@@H](C4)N5)nn3)c(O)c2)cc1=O. The molecule has 1 saturated carbocycles. The van der Waals surface area contributed by atoms with Crippen LogP contribution in [0.2, 0.25) is 0 Å². The van der Waals surface area contributed by atoms with Gasteiger partial charge in [0.15, 0.2) is 11.6 Å². The quantitative estimate of drug-likeness (QED) is 0.602. The Morgan fingerprint density at radius 1 is 1.06 bits per heavy atom. The van der Waals surface area contributed by atoms with E-state index in [0.717, 1.165) is 24.9 Å². The number of halogens is 1. The zero-order valence-corrected chi connectivity index (χ0v) is 19.0. The minimum atomic E-state index is -0.539. The zero-order chi connectivity index (χ0) is 23.4. The van der Waals surface area contributed by atoms with Crippen molar-refractivity contribution in [2.75, 3.05) is 4.90 Å². The first kappa shape index (κ1) is 21.2. The Bertz CT molecular complexity index is 1280. The van der Waals surface area contributed by atoms with Gasteiger partial charge in [0.1, 0.15) is 11.6 Å². The van der Waals surface area contributed by atoms with Crippen molar-refractivity contribution in [3.63, 3.8) is 0 Å². The molecule has 3 aliphatic rings. The summed E-state index contributed by atoms with van der Waals surface area (Å²) in [6.45, 7) is 0. The first-order valence-corrected chi connectivity index (χ1v) is 11.9. The maximum absolute atomic E-state index is 14.4. The molecule has 2 aliphatic heterocycles. The van der Waals surface area contributed by atoms with Gasteiger partial charge in [-0.25, -0.2) is 9.37 Å². The molecule has 176 valence electrons. The van der Waals surface area contributed by atoms with Crippen LogP contribution < -0.4 is 15.8 Å². The summed E-state index contributed by atoms with van der Waals surface area (Å²) in [6.07, 6.45) is 9.97. The van der Waals surface area contributed by atoms with E-state index >= 15 is 0 Å². The van der Waals surface area contributed by atoms with Crippen molar-refractivity contribution in [2.45, 2.75) is 62.7 Å². The van der Waals surface area contributed by atoms with Crippen molar-refractivity contribution in [3.05, 3.63) is 52.8 Å². The number of anilines is 1. The molecule has 0 amide bonds. The van der Waals surface area contributed by atoms with Crippen LogP contribution in [0.15, 0.2) is 41.5 Å². The lowest BCUT2D eigenvalue weighted by molar-refractivity contribution is 0.343. The van der Waals surface area contributed by atoms with E-state index in [1.165, 1.54) is 49.4 Å². The molecule has 4 heterocycles. The van der Waals surface area contributed by atoms with Crippen LogP contribution in [0.25, 0.3) is 22.5 Å². The van der Waals surface area contributed by atoms with E-state index in [1.54, 1.807) is 18.3 Å². The minimum absolute atomic E-state index is 0.0962. The highest BCUT2D eigenvalue weighted by atomic mass is 19.1. The highest BCUT2D eigenvalue weighted by molar-refractivity contribution is 5.73. The predicted octanol–water partition coefficient (Wildman–Crippen LogP) is 3.00. The average molecular weight is 463 g/mol. The van der Waals surface area contributed by atoms with Gasteiger partial charge in [-0.3, -0.25) is 4.79 Å². The number of rotatable bonds is 5. The van der Waals surface area contributed by atoms with E-state index in [-0.39, 0.29) is 16.9 Å². The Morgan fingerprint density at radius 3 is 2.47 bits per heavy atom. The van der Waals surface area contributed by atoms with Crippen LogP contribution >= 0.6 is 0 Å². The molecule has 1 aliphatic carbocycles. The monoisotopic (exact) mass is 462 g/mol. The second-order valence-electron chi connectivity index (χ2n) is 9.76. The average Bonchev–Trinajstić information content (AvgIpc) is 3.60. The van der Waals surface area contributed by atoms with E-state index in [0.29, 0.717) is 41.1 Å². The molecule has 2 bridgehead atoms. The van der Waals surface area contributed by atoms with Crippen molar-refractivity contribution in [1.82, 2.24) is 25.1 Å². The fourth-order valence-corrected chi connectivity index (χ4v) is 5.50. The van der Waals surface area contributed by atoms with E-state index in [4.69, 9.17) is 0 Å². The predicted molar refractivity (Wildman–Crippen MR) is 126 cm³/mol. The molecule has 1 aromatic carbocycles. The molecule has 34 heavy (non-hydrogen) atoms. The summed E-state index contributed by atoms with van der Waals surface area (Å²) in [4.78, 5) is 18.9. The van der Waals surface area contributed by atoms with Gasteiger partial charge in [0, 0.05) is 49.0 Å². The van der Waals surface area contributed by atoms with Crippen molar-refractivity contribution < 1.29 is 9.50 Å². The molecule has 3 aromatic rings. The van der Waals surface area contributed by atoms with Crippen LogP contribution in [0, 0.1) is 5.82 Å². The molecule has 0 radical (unpaired) electrons. The topological polar surface area (TPSA) is 96.2 Å². The first-order valence-electron chi connectivity index (χ1n) is 11.9. The molecule has 9 heteroatoms. The lowest BCUT2D eigenvalue weighted by Gasteiger charge is -2.38. The molecule has 6 rings (SSSR count). The smallest absolute Gasteiger partial charge is 0.251 e. The van der Waals surface area contributed by atoms with E-state index in [1.807, 2.05) is 0 Å². The normalized spacial score (nSPS) is 23.8. The molecule has 3 fully saturated rings. The van der Waals surface area contributed by atoms with Crippen molar-refractivity contribution in [3.8, 4) is 28.3 Å². The molecule has 0 unspecified atom stereocenters. The Hall–Kier alpha value is -3.33. The van der Waals surface area contributed by atoms with E-state index < -0.39 is 5.82 Å². The molecule has 2 aromatic heterocycles. The first-order chi connectivity index (χ1) is 16.5. The number of pyridine rings is 1. The molecular formula is C25H27FN6O2. The summed E-state index contributed by atoms with van der Waals surface area (Å²) in [5.74, 6) is 0.457. The minimum Gasteiger partial charge on any atom is -0.507 e. The molecule has 3 atom stereocenters. The van der Waals surface area contributed by atoms with Crippen molar-refractivity contribution >= 4 is 5.82 Å². The van der Waals surface area contributed by atoms with Crippen molar-refractivity contribution in [2.24, 2.45) is 7.05 Å². The molecule has 2 saturated heterocycles. The molecule has 2 N–H and O–H groups in total. The van der Waals surface area contributed by atoms with Crippen LogP contribution in [-0.4, -0.2) is 49.0 Å². The van der Waals surface area contributed by atoms with Gasteiger partial charge in [-0.2, -0.15) is 0 Å². The number of hydrogen-bond acceptors (Lipinski definition) is 7. The second kappa shape index (κ2) is 8.16. The van der Waals surface area contributed by atoms with Gasteiger partial charge in [0.2, 0.25) is 0 Å². The summed E-state index contributed by atoms with van der Waals surface area (Å²) in [5.41, 5.74) is 0.617. The Balaban J connectivity index is 1.26. The van der Waals surface area contributed by atoms with Gasteiger partial charge in [-0.15, -0.1) is 10.2 Å². The van der Waals surface area contributed by atoms with Gasteiger partial charge in [0.05, 0.1) is 11.8 Å². The maximum Gasteiger partial charge on any atom is 0.251 e. The van der Waals surface area contributed by atoms with E-state index in [9.17, 15) is 14.3 Å². The largest absolute Gasteiger partial charge is 0.507 e. The van der Waals surface area contributed by atoms with Crippen LogP contribution in [0.5, 0.6) is 5.75 Å². The van der Waals surface area contributed by atoms with Crippen LogP contribution in [0.1, 0.15) is 38.5 Å². The summed E-state index contributed by atoms with van der Waals surface area (Å²) in [6, 6.07) is 8.06. The second-order valence-corrected chi connectivity index (χ2v) is 9.76.